The Morgan fingerprint density at radius 2 is 1.70 bits per heavy atom. The summed E-state index contributed by atoms with van der Waals surface area (Å²) in [5.41, 5.74) is 5.61. The van der Waals surface area contributed by atoms with E-state index in [1.807, 2.05) is 30.3 Å². The Labute approximate surface area is 176 Å². The summed E-state index contributed by atoms with van der Waals surface area (Å²) >= 11 is 0. The van der Waals surface area contributed by atoms with E-state index >= 15 is 0 Å². The van der Waals surface area contributed by atoms with Gasteiger partial charge in [0.25, 0.3) is 0 Å². The van der Waals surface area contributed by atoms with Crippen LogP contribution in [0.5, 0.6) is 17.2 Å². The summed E-state index contributed by atoms with van der Waals surface area (Å²) < 4.78 is 17.3. The van der Waals surface area contributed by atoms with Gasteiger partial charge in [-0.1, -0.05) is 48.0 Å². The first kappa shape index (κ1) is 18.6. The highest BCUT2D eigenvalue weighted by Gasteiger charge is 2.41. The van der Waals surface area contributed by atoms with Gasteiger partial charge in [0.15, 0.2) is 11.5 Å². The molecule has 2 heterocycles. The predicted octanol–water partition coefficient (Wildman–Crippen LogP) is 5.25. The number of nitrogens with zero attached hydrogens (tertiary/aromatic N) is 2. The molecule has 0 aromatic heterocycles. The SMILES string of the molecule is COc1ccc([C@@H]2Oc3ccccc3[C@H]3CC(c4ccc(C)cc4)=NN32)cc1OC. The molecule has 0 spiro atoms. The fraction of sp³-hybridized carbons (Fsp3) is 0.240. The van der Waals surface area contributed by atoms with Gasteiger partial charge in [-0.15, -0.1) is 0 Å². The van der Waals surface area contributed by atoms with E-state index in [1.54, 1.807) is 14.2 Å². The largest absolute Gasteiger partial charge is 0.493 e. The zero-order valence-electron chi connectivity index (χ0n) is 17.3. The number of fused-ring (bicyclic) bond motifs is 3. The van der Waals surface area contributed by atoms with Crippen molar-refractivity contribution in [3.63, 3.8) is 0 Å². The van der Waals surface area contributed by atoms with E-state index in [0.29, 0.717) is 11.5 Å². The highest BCUT2D eigenvalue weighted by molar-refractivity contribution is 6.02. The van der Waals surface area contributed by atoms with Crippen molar-refractivity contribution in [3.8, 4) is 17.2 Å². The molecular formula is C25H24N2O3. The Hall–Kier alpha value is -3.47. The lowest BCUT2D eigenvalue weighted by Gasteiger charge is -2.38. The van der Waals surface area contributed by atoms with E-state index in [2.05, 4.69) is 48.3 Å². The van der Waals surface area contributed by atoms with Crippen LogP contribution in [0.15, 0.2) is 71.8 Å². The number of hydrogen-bond acceptors (Lipinski definition) is 5. The molecule has 0 radical (unpaired) electrons. The lowest BCUT2D eigenvalue weighted by atomic mass is 9.95. The molecule has 2 aliphatic rings. The molecule has 5 heteroatoms. The lowest BCUT2D eigenvalue weighted by Crippen LogP contribution is -2.33. The van der Waals surface area contributed by atoms with Crippen molar-refractivity contribution in [1.82, 2.24) is 5.01 Å². The third kappa shape index (κ3) is 3.07. The third-order valence-corrected chi connectivity index (χ3v) is 5.78. The molecule has 3 aromatic carbocycles. The van der Waals surface area contributed by atoms with E-state index in [1.165, 1.54) is 11.1 Å². The molecule has 0 unspecified atom stereocenters. The maximum absolute atomic E-state index is 6.43. The average Bonchev–Trinajstić information content (AvgIpc) is 3.24. The number of aryl methyl sites for hydroxylation is 1. The minimum atomic E-state index is -0.340. The number of methoxy groups -OCH3 is 2. The Balaban J connectivity index is 1.58. The minimum absolute atomic E-state index is 0.129. The van der Waals surface area contributed by atoms with Gasteiger partial charge in [0, 0.05) is 17.5 Å². The molecule has 0 N–H and O–H groups in total. The molecule has 0 saturated heterocycles. The fourth-order valence-electron chi connectivity index (χ4n) is 4.18. The van der Waals surface area contributed by atoms with Crippen LogP contribution in [0.2, 0.25) is 0 Å². The molecule has 0 amide bonds. The van der Waals surface area contributed by atoms with Gasteiger partial charge in [-0.25, -0.2) is 5.01 Å². The summed E-state index contributed by atoms with van der Waals surface area (Å²) in [6.07, 6.45) is 0.500. The summed E-state index contributed by atoms with van der Waals surface area (Å²) in [6.45, 7) is 2.10. The number of para-hydroxylation sites is 1. The van der Waals surface area contributed by atoms with Gasteiger partial charge < -0.3 is 14.2 Å². The summed E-state index contributed by atoms with van der Waals surface area (Å²) in [5, 5.41) is 7.10. The average molecular weight is 400 g/mol. The second kappa shape index (κ2) is 7.41. The van der Waals surface area contributed by atoms with Crippen LogP contribution in [0.25, 0.3) is 0 Å². The van der Waals surface area contributed by atoms with Crippen LogP contribution in [0.1, 0.15) is 40.9 Å². The molecule has 152 valence electrons. The first-order valence-corrected chi connectivity index (χ1v) is 10.1. The molecule has 0 fully saturated rings. The number of ether oxygens (including phenoxy) is 3. The van der Waals surface area contributed by atoms with Gasteiger partial charge in [0.05, 0.1) is 26.0 Å². The molecule has 3 aromatic rings. The second-order valence-corrected chi connectivity index (χ2v) is 7.64. The summed E-state index contributed by atoms with van der Waals surface area (Å²) in [5.74, 6) is 2.27. The highest BCUT2D eigenvalue weighted by Crippen LogP contribution is 2.48. The highest BCUT2D eigenvalue weighted by atomic mass is 16.5. The molecule has 5 rings (SSSR count). The summed E-state index contributed by atoms with van der Waals surface area (Å²) in [6, 6.07) is 22.8. The Bertz CT molecular complexity index is 1110. The minimum Gasteiger partial charge on any atom is -0.493 e. The predicted molar refractivity (Wildman–Crippen MR) is 116 cm³/mol. The van der Waals surface area contributed by atoms with E-state index in [4.69, 9.17) is 19.3 Å². The zero-order valence-corrected chi connectivity index (χ0v) is 17.3. The van der Waals surface area contributed by atoms with Crippen molar-refractivity contribution in [2.45, 2.75) is 25.6 Å². The second-order valence-electron chi connectivity index (χ2n) is 7.64. The monoisotopic (exact) mass is 400 g/mol. The Morgan fingerprint density at radius 3 is 2.47 bits per heavy atom. The van der Waals surface area contributed by atoms with Crippen LogP contribution < -0.4 is 14.2 Å². The number of hydrogen-bond donors (Lipinski definition) is 0. The zero-order chi connectivity index (χ0) is 20.7. The van der Waals surface area contributed by atoms with Crippen molar-refractivity contribution in [3.05, 3.63) is 89.0 Å². The standard InChI is InChI=1S/C25H24N2O3/c1-16-8-10-17(11-9-16)20-15-21-19-6-4-5-7-22(19)30-25(27(21)26-20)18-12-13-23(28-2)24(14-18)29-3/h4-14,21,25H,15H2,1-3H3/t21-,25+/m1/s1. The Morgan fingerprint density at radius 1 is 0.933 bits per heavy atom. The molecule has 0 saturated carbocycles. The lowest BCUT2D eigenvalue weighted by molar-refractivity contribution is -0.0191. The van der Waals surface area contributed by atoms with E-state index in [9.17, 15) is 0 Å². The first-order valence-electron chi connectivity index (χ1n) is 10.1. The molecule has 2 atom stereocenters. The maximum atomic E-state index is 6.43. The normalized spacial score (nSPS) is 19.4. The van der Waals surface area contributed by atoms with Crippen molar-refractivity contribution in [1.29, 1.82) is 0 Å². The first-order chi connectivity index (χ1) is 14.7. The third-order valence-electron chi connectivity index (χ3n) is 5.78. The van der Waals surface area contributed by atoms with Gasteiger partial charge in [0.2, 0.25) is 6.23 Å². The van der Waals surface area contributed by atoms with Gasteiger partial charge in [0.1, 0.15) is 5.75 Å². The van der Waals surface area contributed by atoms with E-state index < -0.39 is 0 Å². The smallest absolute Gasteiger partial charge is 0.214 e. The maximum Gasteiger partial charge on any atom is 0.214 e. The summed E-state index contributed by atoms with van der Waals surface area (Å²) in [7, 11) is 3.28. The van der Waals surface area contributed by atoms with Crippen molar-refractivity contribution < 1.29 is 14.2 Å². The molecular weight excluding hydrogens is 376 g/mol. The fourth-order valence-corrected chi connectivity index (χ4v) is 4.18. The van der Waals surface area contributed by atoms with Crippen LogP contribution in [-0.2, 0) is 0 Å². The summed E-state index contributed by atoms with van der Waals surface area (Å²) in [4.78, 5) is 0. The number of hydrazone groups is 1. The van der Waals surface area contributed by atoms with Gasteiger partial charge in [-0.2, -0.15) is 5.10 Å². The quantitative estimate of drug-likeness (QED) is 0.600. The topological polar surface area (TPSA) is 43.3 Å². The van der Waals surface area contributed by atoms with E-state index in [-0.39, 0.29) is 12.3 Å². The Kier molecular flexibility index (Phi) is 4.58. The van der Waals surface area contributed by atoms with Crippen LogP contribution in [-0.4, -0.2) is 24.9 Å². The van der Waals surface area contributed by atoms with Crippen LogP contribution in [0.3, 0.4) is 0 Å². The number of rotatable bonds is 4. The van der Waals surface area contributed by atoms with Gasteiger partial charge in [-0.3, -0.25) is 0 Å². The van der Waals surface area contributed by atoms with Gasteiger partial charge >= 0.3 is 0 Å². The molecule has 5 nitrogen and oxygen atoms in total. The molecule has 30 heavy (non-hydrogen) atoms. The van der Waals surface area contributed by atoms with Gasteiger partial charge in [-0.05, 0) is 36.8 Å². The van der Waals surface area contributed by atoms with Crippen molar-refractivity contribution in [2.24, 2.45) is 5.10 Å². The molecule has 0 bridgehead atoms. The molecule has 2 aliphatic heterocycles. The van der Waals surface area contributed by atoms with Crippen LogP contribution >= 0.6 is 0 Å². The molecule has 0 aliphatic carbocycles. The van der Waals surface area contributed by atoms with Crippen LogP contribution in [0.4, 0.5) is 0 Å². The van der Waals surface area contributed by atoms with Crippen LogP contribution in [0, 0.1) is 6.92 Å². The van der Waals surface area contributed by atoms with E-state index in [0.717, 1.165) is 29.0 Å². The van der Waals surface area contributed by atoms with Crippen molar-refractivity contribution in [2.75, 3.05) is 14.2 Å². The van der Waals surface area contributed by atoms with Crippen molar-refractivity contribution >= 4 is 5.71 Å². The number of benzene rings is 3.